The molecule has 4 heteroatoms. The van der Waals surface area contributed by atoms with Gasteiger partial charge in [0.05, 0.1) is 18.8 Å². The Balaban J connectivity index is 1.67. The predicted octanol–water partition coefficient (Wildman–Crippen LogP) is 3.18. The van der Waals surface area contributed by atoms with Gasteiger partial charge in [-0.15, -0.1) is 0 Å². The highest BCUT2D eigenvalue weighted by Gasteiger charge is 2.26. The Hall–Kier alpha value is -2.20. The van der Waals surface area contributed by atoms with Crippen LogP contribution in [0.3, 0.4) is 0 Å². The molecule has 0 bridgehead atoms. The molecule has 1 aromatic heterocycles. The Kier molecular flexibility index (Phi) is 5.59. The topological polar surface area (TPSA) is 42.4 Å². The van der Waals surface area contributed by atoms with Crippen LogP contribution in [0.15, 0.2) is 48.7 Å². The quantitative estimate of drug-likeness (QED) is 0.785. The second-order valence-corrected chi connectivity index (χ2v) is 6.27. The summed E-state index contributed by atoms with van der Waals surface area (Å²) in [5.74, 6) is 0.516. The number of aryl methyl sites for hydroxylation is 1. The molecule has 0 spiro atoms. The van der Waals surface area contributed by atoms with E-state index in [2.05, 4.69) is 29.2 Å². The van der Waals surface area contributed by atoms with E-state index >= 15 is 0 Å². The van der Waals surface area contributed by atoms with Gasteiger partial charge in [-0.05, 0) is 42.0 Å². The minimum atomic E-state index is 0.180. The number of rotatable bonds is 7. The molecule has 0 aliphatic heterocycles. The average molecular weight is 324 g/mol. The molecule has 0 saturated carbocycles. The van der Waals surface area contributed by atoms with Crippen LogP contribution in [0.4, 0.5) is 0 Å². The summed E-state index contributed by atoms with van der Waals surface area (Å²) in [5.41, 5.74) is 3.65. The number of amides is 1. The highest BCUT2D eigenvalue weighted by atomic mass is 16.5. The fourth-order valence-corrected chi connectivity index (χ4v) is 3.38. The number of carbonyl (C=O) groups is 1. The largest absolute Gasteiger partial charge is 0.383 e. The van der Waals surface area contributed by atoms with Gasteiger partial charge in [0.25, 0.3) is 0 Å². The summed E-state index contributed by atoms with van der Waals surface area (Å²) in [6.45, 7) is 1.68. The van der Waals surface area contributed by atoms with Crippen LogP contribution in [0.25, 0.3) is 0 Å². The first-order valence-electron chi connectivity index (χ1n) is 8.52. The van der Waals surface area contributed by atoms with Crippen LogP contribution in [0.5, 0.6) is 0 Å². The molecule has 1 aliphatic carbocycles. The van der Waals surface area contributed by atoms with Crippen LogP contribution in [-0.4, -0.2) is 36.1 Å². The number of benzene rings is 1. The molecule has 3 rings (SSSR count). The Labute approximate surface area is 143 Å². The number of hydrogen-bond donors (Lipinski definition) is 0. The molecule has 2 aromatic rings. The van der Waals surface area contributed by atoms with Gasteiger partial charge in [0.1, 0.15) is 0 Å². The number of methoxy groups -OCH3 is 1. The zero-order valence-electron chi connectivity index (χ0n) is 14.1. The monoisotopic (exact) mass is 324 g/mol. The summed E-state index contributed by atoms with van der Waals surface area (Å²) in [6.07, 6.45) is 4.47. The lowest BCUT2D eigenvalue weighted by Crippen LogP contribution is -2.34. The van der Waals surface area contributed by atoms with Crippen molar-refractivity contribution in [3.05, 3.63) is 65.5 Å². The highest BCUT2D eigenvalue weighted by Crippen LogP contribution is 2.35. The molecule has 126 valence electrons. The zero-order chi connectivity index (χ0) is 16.8. The SMILES string of the molecule is COCCN(Cc1ccccn1)C(=O)C[C@H]1CCc2ccccc21. The molecule has 0 radical (unpaired) electrons. The van der Waals surface area contributed by atoms with Crippen LogP contribution < -0.4 is 0 Å². The van der Waals surface area contributed by atoms with Crippen molar-refractivity contribution in [3.63, 3.8) is 0 Å². The second-order valence-electron chi connectivity index (χ2n) is 6.27. The van der Waals surface area contributed by atoms with Crippen LogP contribution in [0, 0.1) is 0 Å². The van der Waals surface area contributed by atoms with Gasteiger partial charge in [0.2, 0.25) is 5.91 Å². The summed E-state index contributed by atoms with van der Waals surface area (Å²) in [5, 5.41) is 0. The van der Waals surface area contributed by atoms with Gasteiger partial charge in [-0.25, -0.2) is 0 Å². The first-order valence-corrected chi connectivity index (χ1v) is 8.52. The smallest absolute Gasteiger partial charge is 0.223 e. The lowest BCUT2D eigenvalue weighted by Gasteiger charge is -2.24. The molecular weight excluding hydrogens is 300 g/mol. The summed E-state index contributed by atoms with van der Waals surface area (Å²) in [6, 6.07) is 14.3. The van der Waals surface area contributed by atoms with Crippen LogP contribution in [0.1, 0.15) is 35.6 Å². The third-order valence-corrected chi connectivity index (χ3v) is 4.68. The summed E-state index contributed by atoms with van der Waals surface area (Å²) < 4.78 is 5.17. The van der Waals surface area contributed by atoms with Crippen LogP contribution in [-0.2, 0) is 22.5 Å². The number of pyridine rings is 1. The third kappa shape index (κ3) is 4.01. The molecule has 1 heterocycles. The Morgan fingerprint density at radius 1 is 1.25 bits per heavy atom. The standard InChI is InChI=1S/C20H24N2O2/c1-24-13-12-22(15-18-7-4-5-11-21-18)20(23)14-17-10-9-16-6-2-3-8-19(16)17/h2-8,11,17H,9-10,12-15H2,1H3/t17-/m1/s1. The van der Waals surface area contributed by atoms with Gasteiger partial charge in [-0.3, -0.25) is 9.78 Å². The van der Waals surface area contributed by atoms with Crippen molar-refractivity contribution >= 4 is 5.91 Å². The van der Waals surface area contributed by atoms with E-state index in [0.29, 0.717) is 32.0 Å². The number of hydrogen-bond acceptors (Lipinski definition) is 3. The number of aromatic nitrogens is 1. The van der Waals surface area contributed by atoms with Crippen LogP contribution >= 0.6 is 0 Å². The van der Waals surface area contributed by atoms with Gasteiger partial charge < -0.3 is 9.64 Å². The van der Waals surface area contributed by atoms with E-state index in [1.165, 1.54) is 11.1 Å². The number of ether oxygens (including phenoxy) is 1. The maximum atomic E-state index is 12.9. The van der Waals surface area contributed by atoms with Crippen molar-refractivity contribution in [3.8, 4) is 0 Å². The van der Waals surface area contributed by atoms with Gasteiger partial charge in [0, 0.05) is 26.3 Å². The van der Waals surface area contributed by atoms with Gasteiger partial charge >= 0.3 is 0 Å². The first-order chi connectivity index (χ1) is 11.8. The Morgan fingerprint density at radius 2 is 2.08 bits per heavy atom. The molecule has 1 atom stereocenters. The second kappa shape index (κ2) is 8.06. The molecule has 0 fully saturated rings. The van der Waals surface area contributed by atoms with Gasteiger partial charge in [0.15, 0.2) is 0 Å². The lowest BCUT2D eigenvalue weighted by molar-refractivity contribution is -0.133. The molecule has 4 nitrogen and oxygen atoms in total. The Bertz CT molecular complexity index is 672. The Morgan fingerprint density at radius 3 is 2.88 bits per heavy atom. The third-order valence-electron chi connectivity index (χ3n) is 4.68. The fraction of sp³-hybridized carbons (Fsp3) is 0.400. The molecule has 24 heavy (non-hydrogen) atoms. The molecule has 1 aliphatic rings. The molecule has 1 aromatic carbocycles. The number of carbonyl (C=O) groups excluding carboxylic acids is 1. The normalized spacial score (nSPS) is 16.0. The average Bonchev–Trinajstić information content (AvgIpc) is 3.02. The maximum Gasteiger partial charge on any atom is 0.223 e. The van der Waals surface area contributed by atoms with E-state index < -0.39 is 0 Å². The van der Waals surface area contributed by atoms with Crippen molar-refractivity contribution in [2.75, 3.05) is 20.3 Å². The number of fused-ring (bicyclic) bond motifs is 1. The molecule has 0 N–H and O–H groups in total. The van der Waals surface area contributed by atoms with Crippen molar-refractivity contribution in [1.29, 1.82) is 0 Å². The zero-order valence-corrected chi connectivity index (χ0v) is 14.1. The van der Waals surface area contributed by atoms with Crippen molar-refractivity contribution in [1.82, 2.24) is 9.88 Å². The molecule has 0 unspecified atom stereocenters. The molecule has 0 saturated heterocycles. The van der Waals surface area contributed by atoms with E-state index in [0.717, 1.165) is 18.5 Å². The van der Waals surface area contributed by atoms with Crippen molar-refractivity contribution < 1.29 is 9.53 Å². The van der Waals surface area contributed by atoms with Crippen LogP contribution in [0.2, 0.25) is 0 Å². The van der Waals surface area contributed by atoms with E-state index in [1.54, 1.807) is 13.3 Å². The van der Waals surface area contributed by atoms with Crippen molar-refractivity contribution in [2.45, 2.75) is 31.7 Å². The van der Waals surface area contributed by atoms with E-state index in [-0.39, 0.29) is 5.91 Å². The summed E-state index contributed by atoms with van der Waals surface area (Å²) in [4.78, 5) is 19.1. The maximum absolute atomic E-state index is 12.9. The predicted molar refractivity (Wildman–Crippen MR) is 93.7 cm³/mol. The molecule has 1 amide bonds. The number of nitrogens with zero attached hydrogens (tertiary/aromatic N) is 2. The van der Waals surface area contributed by atoms with E-state index in [4.69, 9.17) is 4.74 Å². The lowest BCUT2D eigenvalue weighted by atomic mass is 9.97. The first kappa shape index (κ1) is 16.7. The minimum Gasteiger partial charge on any atom is -0.383 e. The summed E-state index contributed by atoms with van der Waals surface area (Å²) in [7, 11) is 1.66. The minimum absolute atomic E-state index is 0.180. The van der Waals surface area contributed by atoms with Gasteiger partial charge in [-0.1, -0.05) is 30.3 Å². The van der Waals surface area contributed by atoms with E-state index in [1.807, 2.05) is 23.1 Å². The van der Waals surface area contributed by atoms with Gasteiger partial charge in [-0.2, -0.15) is 0 Å². The summed E-state index contributed by atoms with van der Waals surface area (Å²) >= 11 is 0. The highest BCUT2D eigenvalue weighted by molar-refractivity contribution is 5.77. The molecular formula is C20H24N2O2. The van der Waals surface area contributed by atoms with E-state index in [9.17, 15) is 4.79 Å². The fourth-order valence-electron chi connectivity index (χ4n) is 3.38. The van der Waals surface area contributed by atoms with Crippen molar-refractivity contribution in [2.24, 2.45) is 0 Å².